The number of hydrogen-bond donors (Lipinski definition) is 6. The number of carbonyl (C=O) groups is 2. The molecule has 0 aromatic rings. The third-order valence-corrected chi connectivity index (χ3v) is 14.2. The van der Waals surface area contributed by atoms with Crippen LogP contribution < -0.4 is 5.32 Å². The molecule has 1 fully saturated rings. The second-order valence-electron chi connectivity index (χ2n) is 21.1. The molecule has 0 aliphatic carbocycles. The van der Waals surface area contributed by atoms with Gasteiger partial charge in [0.05, 0.1) is 25.4 Å². The molecule has 0 aromatic heterocycles. The van der Waals surface area contributed by atoms with Crippen LogP contribution in [0.3, 0.4) is 0 Å². The molecule has 0 aromatic carbocycles. The zero-order chi connectivity index (χ0) is 54.0. The van der Waals surface area contributed by atoms with Gasteiger partial charge in [0.25, 0.3) is 0 Å². The maximum atomic E-state index is 13.4. The lowest BCUT2D eigenvalue weighted by Gasteiger charge is -2.41. The van der Waals surface area contributed by atoms with Crippen molar-refractivity contribution < 1.29 is 49.3 Å². The number of ether oxygens (including phenoxy) is 3. The highest BCUT2D eigenvalue weighted by Crippen LogP contribution is 2.26. The number of carbonyl (C=O) groups excluding carboxylic acids is 2. The number of aliphatic hydroxyl groups is 5. The first-order chi connectivity index (χ1) is 36.2. The Balaban J connectivity index is 2.71. The minimum absolute atomic E-state index is 0.123. The lowest BCUT2D eigenvalue weighted by molar-refractivity contribution is -0.305. The maximum Gasteiger partial charge on any atom is 0.306 e. The van der Waals surface area contributed by atoms with Crippen molar-refractivity contribution in [2.24, 2.45) is 0 Å². The van der Waals surface area contributed by atoms with E-state index >= 15 is 0 Å². The van der Waals surface area contributed by atoms with E-state index in [1.54, 1.807) is 6.08 Å². The molecule has 1 amide bonds. The number of nitrogens with one attached hydrogen (secondary N) is 1. The minimum atomic E-state index is -1.62. The van der Waals surface area contributed by atoms with E-state index in [1.807, 2.05) is 6.08 Å². The Morgan fingerprint density at radius 3 is 1.42 bits per heavy atom. The van der Waals surface area contributed by atoms with Crippen LogP contribution in [-0.4, -0.2) is 99.6 Å². The van der Waals surface area contributed by atoms with Crippen LogP contribution in [0.1, 0.15) is 265 Å². The summed E-state index contributed by atoms with van der Waals surface area (Å²) in [4.78, 5) is 26.5. The third kappa shape index (κ3) is 38.8. The number of hydrogen-bond acceptors (Lipinski definition) is 10. The van der Waals surface area contributed by atoms with Crippen LogP contribution in [0.4, 0.5) is 0 Å². The predicted molar refractivity (Wildman–Crippen MR) is 306 cm³/mol. The third-order valence-electron chi connectivity index (χ3n) is 14.2. The standard InChI is InChI=1S/C63H113NO10/c1-4-7-10-13-16-19-22-25-26-27-28-29-30-31-33-35-38-41-44-47-50-56(67)62(71)64-54(55(66)49-46-43-40-37-34-24-21-18-15-12-9-6-3)53-72-63-61(60(70)59(69)57(52-65)73-63)74-58(68)51-48-45-42-39-36-32-23-20-17-14-11-8-5-2/h16,19,25-26,28-29,31,33,46,49,54-57,59-61,63,65-67,69-70H,4-15,17-18,20-24,27,30,32,34-45,47-48,50-53H2,1-3H3,(H,64,71)/b19-16-,26-25-,29-28-,33-31-,49-46+. The van der Waals surface area contributed by atoms with Crippen LogP contribution in [0.2, 0.25) is 0 Å². The normalized spacial score (nSPS) is 19.7. The molecule has 430 valence electrons. The van der Waals surface area contributed by atoms with Crippen molar-refractivity contribution in [1.82, 2.24) is 5.32 Å². The summed E-state index contributed by atoms with van der Waals surface area (Å²) in [6.45, 7) is 5.74. The van der Waals surface area contributed by atoms with Gasteiger partial charge in [-0.1, -0.05) is 248 Å². The van der Waals surface area contributed by atoms with Gasteiger partial charge in [0.1, 0.15) is 24.4 Å². The van der Waals surface area contributed by atoms with Gasteiger partial charge in [-0.3, -0.25) is 9.59 Å². The van der Waals surface area contributed by atoms with Gasteiger partial charge in [-0.05, 0) is 70.6 Å². The van der Waals surface area contributed by atoms with E-state index in [9.17, 15) is 35.1 Å². The lowest BCUT2D eigenvalue weighted by atomic mass is 9.99. The first-order valence-electron chi connectivity index (χ1n) is 30.6. The summed E-state index contributed by atoms with van der Waals surface area (Å²) >= 11 is 0. The molecule has 0 saturated carbocycles. The van der Waals surface area contributed by atoms with Crippen molar-refractivity contribution in [1.29, 1.82) is 0 Å². The molecule has 11 heteroatoms. The lowest BCUT2D eigenvalue weighted by Crippen LogP contribution is -2.61. The quantitative estimate of drug-likeness (QED) is 0.0195. The van der Waals surface area contributed by atoms with Crippen molar-refractivity contribution in [3.8, 4) is 0 Å². The molecule has 1 heterocycles. The molecule has 0 radical (unpaired) electrons. The highest BCUT2D eigenvalue weighted by molar-refractivity contribution is 5.80. The first kappa shape index (κ1) is 69.4. The van der Waals surface area contributed by atoms with Gasteiger partial charge < -0.3 is 45.1 Å². The number of unbranched alkanes of at least 4 members (excludes halogenated alkanes) is 29. The number of aliphatic hydroxyl groups excluding tert-OH is 5. The average Bonchev–Trinajstić information content (AvgIpc) is 3.40. The largest absolute Gasteiger partial charge is 0.454 e. The maximum absolute atomic E-state index is 13.4. The molecule has 1 aliphatic heterocycles. The molecule has 8 unspecified atom stereocenters. The van der Waals surface area contributed by atoms with Crippen molar-refractivity contribution in [3.63, 3.8) is 0 Å². The van der Waals surface area contributed by atoms with Gasteiger partial charge in [-0.25, -0.2) is 0 Å². The summed E-state index contributed by atoms with van der Waals surface area (Å²) in [5.41, 5.74) is 0. The van der Waals surface area contributed by atoms with Crippen LogP contribution in [0.5, 0.6) is 0 Å². The van der Waals surface area contributed by atoms with Crippen molar-refractivity contribution in [2.45, 2.75) is 314 Å². The number of rotatable bonds is 51. The number of allylic oxidation sites excluding steroid dienone is 9. The summed E-state index contributed by atoms with van der Waals surface area (Å²) in [6, 6.07) is -1.03. The van der Waals surface area contributed by atoms with E-state index in [-0.39, 0.29) is 19.4 Å². The molecule has 1 aliphatic rings. The topological polar surface area (TPSA) is 175 Å². The molecule has 1 saturated heterocycles. The summed E-state index contributed by atoms with van der Waals surface area (Å²) in [7, 11) is 0. The molecule has 0 spiro atoms. The van der Waals surface area contributed by atoms with Crippen molar-refractivity contribution >= 4 is 11.9 Å². The van der Waals surface area contributed by atoms with E-state index < -0.39 is 67.4 Å². The van der Waals surface area contributed by atoms with Gasteiger partial charge in [0, 0.05) is 6.42 Å². The summed E-state index contributed by atoms with van der Waals surface area (Å²) in [6.07, 6.45) is 52.5. The SMILES string of the molecule is CCCCC/C=C\C/C=C\C/C=C\C/C=C\CCCCCCC(O)C(=O)NC(COC1OC(CO)C(O)C(O)C1OC(=O)CCCCCCCCCCCCCCC)C(O)/C=C/CCCCCCCCCCCC. The summed E-state index contributed by atoms with van der Waals surface area (Å²) in [5.74, 6) is -1.21. The molecule has 1 rings (SSSR count). The van der Waals surface area contributed by atoms with Crippen LogP contribution >= 0.6 is 0 Å². The Morgan fingerprint density at radius 1 is 0.527 bits per heavy atom. The van der Waals surface area contributed by atoms with Crippen molar-refractivity contribution in [3.05, 3.63) is 60.8 Å². The van der Waals surface area contributed by atoms with Crippen LogP contribution in [-0.2, 0) is 23.8 Å². The monoisotopic (exact) mass is 1040 g/mol. The molecule has 6 N–H and O–H groups in total. The molecular weight excluding hydrogens is 931 g/mol. The zero-order valence-electron chi connectivity index (χ0n) is 47.5. The first-order valence-corrected chi connectivity index (χ1v) is 30.6. The molecule has 8 atom stereocenters. The Bertz CT molecular complexity index is 1430. The smallest absolute Gasteiger partial charge is 0.306 e. The van der Waals surface area contributed by atoms with Gasteiger partial charge >= 0.3 is 5.97 Å². The zero-order valence-corrected chi connectivity index (χ0v) is 47.5. The summed E-state index contributed by atoms with van der Waals surface area (Å²) < 4.78 is 17.6. The fourth-order valence-corrected chi connectivity index (χ4v) is 9.28. The fraction of sp³-hybridized carbons (Fsp3) is 0.810. The summed E-state index contributed by atoms with van der Waals surface area (Å²) in [5, 5.41) is 56.9. The van der Waals surface area contributed by atoms with Gasteiger partial charge in [-0.15, -0.1) is 0 Å². The predicted octanol–water partition coefficient (Wildman–Crippen LogP) is 14.2. The second kappa shape index (κ2) is 51.1. The highest BCUT2D eigenvalue weighted by atomic mass is 16.7. The van der Waals surface area contributed by atoms with Gasteiger partial charge in [-0.2, -0.15) is 0 Å². The Labute approximate surface area is 452 Å². The van der Waals surface area contributed by atoms with Crippen molar-refractivity contribution in [2.75, 3.05) is 13.2 Å². The second-order valence-corrected chi connectivity index (χ2v) is 21.1. The van der Waals surface area contributed by atoms with E-state index in [1.165, 1.54) is 135 Å². The number of amides is 1. The van der Waals surface area contributed by atoms with Crippen LogP contribution in [0, 0.1) is 0 Å². The van der Waals surface area contributed by atoms with Crippen LogP contribution in [0.25, 0.3) is 0 Å². The molecule has 11 nitrogen and oxygen atoms in total. The Kier molecular flexibility index (Phi) is 47.9. The fourth-order valence-electron chi connectivity index (χ4n) is 9.28. The van der Waals surface area contributed by atoms with Gasteiger partial charge in [0.2, 0.25) is 5.91 Å². The van der Waals surface area contributed by atoms with E-state index in [0.29, 0.717) is 12.8 Å². The Hall–Kier alpha value is -2.64. The van der Waals surface area contributed by atoms with Crippen LogP contribution in [0.15, 0.2) is 60.8 Å². The molecular formula is C63H113NO10. The van der Waals surface area contributed by atoms with E-state index in [0.717, 1.165) is 83.5 Å². The van der Waals surface area contributed by atoms with Gasteiger partial charge in [0.15, 0.2) is 12.4 Å². The molecule has 0 bridgehead atoms. The average molecular weight is 1040 g/mol. The minimum Gasteiger partial charge on any atom is -0.454 e. The van der Waals surface area contributed by atoms with E-state index in [4.69, 9.17) is 14.2 Å². The highest BCUT2D eigenvalue weighted by Gasteiger charge is 2.47. The van der Waals surface area contributed by atoms with E-state index in [2.05, 4.69) is 74.7 Å². The Morgan fingerprint density at radius 2 is 0.932 bits per heavy atom. The molecule has 74 heavy (non-hydrogen) atoms. The number of esters is 1.